The summed E-state index contributed by atoms with van der Waals surface area (Å²) in [6, 6.07) is 9.89. The molecule has 0 amide bonds. The summed E-state index contributed by atoms with van der Waals surface area (Å²) in [4.78, 5) is 0. The highest BCUT2D eigenvalue weighted by Crippen LogP contribution is 2.02. The molecule has 0 aliphatic rings. The third kappa shape index (κ3) is 6.68. The minimum Gasteiger partial charge on any atom is -0.395 e. The normalized spacial score (nSPS) is 14.6. The number of aliphatic hydroxyl groups excluding tert-OH is 2. The van der Waals surface area contributed by atoms with Crippen LogP contribution < -0.4 is 5.32 Å². The monoisotopic (exact) mass is 267 g/mol. The second-order valence-corrected chi connectivity index (χ2v) is 5.10. The second kappa shape index (κ2) is 9.04. The van der Waals surface area contributed by atoms with E-state index in [1.54, 1.807) is 0 Å². The van der Waals surface area contributed by atoms with E-state index in [1.807, 2.05) is 44.2 Å². The van der Waals surface area contributed by atoms with E-state index in [9.17, 15) is 5.11 Å². The van der Waals surface area contributed by atoms with Crippen LogP contribution in [0.3, 0.4) is 0 Å². The van der Waals surface area contributed by atoms with E-state index in [4.69, 9.17) is 9.84 Å². The van der Waals surface area contributed by atoms with Gasteiger partial charge in [-0.25, -0.2) is 0 Å². The molecule has 2 atom stereocenters. The minimum absolute atomic E-state index is 0.0174. The van der Waals surface area contributed by atoms with E-state index in [1.165, 1.54) is 0 Å². The van der Waals surface area contributed by atoms with Crippen molar-refractivity contribution in [3.8, 4) is 0 Å². The second-order valence-electron chi connectivity index (χ2n) is 5.10. The van der Waals surface area contributed by atoms with Gasteiger partial charge in [0.25, 0.3) is 0 Å². The number of hydrogen-bond donors (Lipinski definition) is 3. The molecule has 1 aromatic rings. The van der Waals surface area contributed by atoms with E-state index in [-0.39, 0.29) is 19.3 Å². The summed E-state index contributed by atoms with van der Waals surface area (Å²) in [5, 5.41) is 22.1. The Kier molecular flexibility index (Phi) is 7.67. The molecule has 108 valence electrons. The van der Waals surface area contributed by atoms with Crippen LogP contribution in [0.5, 0.6) is 0 Å². The van der Waals surface area contributed by atoms with Gasteiger partial charge in [0.1, 0.15) is 0 Å². The lowest BCUT2D eigenvalue weighted by Crippen LogP contribution is -2.42. The maximum atomic E-state index is 9.78. The lowest BCUT2D eigenvalue weighted by atomic mass is 10.1. The zero-order chi connectivity index (χ0) is 14.1. The first kappa shape index (κ1) is 16.1. The Bertz CT molecular complexity index is 329. The van der Waals surface area contributed by atoms with E-state index in [0.29, 0.717) is 19.1 Å². The third-order valence-corrected chi connectivity index (χ3v) is 3.04. The average Bonchev–Trinajstić information content (AvgIpc) is 2.40. The lowest BCUT2D eigenvalue weighted by molar-refractivity contribution is 0.0255. The van der Waals surface area contributed by atoms with Crippen LogP contribution in [0, 0.1) is 5.92 Å². The molecule has 0 aromatic heterocycles. The van der Waals surface area contributed by atoms with Crippen molar-refractivity contribution in [2.45, 2.75) is 32.6 Å². The molecule has 0 aliphatic carbocycles. The molecule has 1 aromatic carbocycles. The fraction of sp³-hybridized carbons (Fsp3) is 0.600. The van der Waals surface area contributed by atoms with Crippen LogP contribution in [-0.2, 0) is 11.3 Å². The molecule has 0 heterocycles. The summed E-state index contributed by atoms with van der Waals surface area (Å²) in [7, 11) is 0. The van der Waals surface area contributed by atoms with Crippen LogP contribution in [0.2, 0.25) is 0 Å². The molecule has 0 radical (unpaired) electrons. The smallest absolute Gasteiger partial charge is 0.0897 e. The standard InChI is InChI=1S/C15H25NO3/c1-12(2)15(9-17)16-8-14(18)11-19-10-13-6-4-3-5-7-13/h3-7,12,14-18H,8-11H2,1-2H3/t14?,15-/m1/s1. The van der Waals surface area contributed by atoms with Gasteiger partial charge in [0.05, 0.1) is 25.9 Å². The van der Waals surface area contributed by atoms with Crippen molar-refractivity contribution >= 4 is 0 Å². The van der Waals surface area contributed by atoms with Crippen LogP contribution in [0.25, 0.3) is 0 Å². The Morgan fingerprint density at radius 2 is 1.89 bits per heavy atom. The Balaban J connectivity index is 2.16. The highest BCUT2D eigenvalue weighted by Gasteiger charge is 2.13. The van der Waals surface area contributed by atoms with Crippen LogP contribution in [0.4, 0.5) is 0 Å². The number of aliphatic hydroxyl groups is 2. The van der Waals surface area contributed by atoms with Gasteiger partial charge in [-0.05, 0) is 11.5 Å². The van der Waals surface area contributed by atoms with Gasteiger partial charge in [0, 0.05) is 12.6 Å². The molecule has 19 heavy (non-hydrogen) atoms. The third-order valence-electron chi connectivity index (χ3n) is 3.04. The highest BCUT2D eigenvalue weighted by atomic mass is 16.5. The molecule has 0 saturated heterocycles. The van der Waals surface area contributed by atoms with Gasteiger partial charge in [0.15, 0.2) is 0 Å². The molecule has 0 spiro atoms. The number of benzene rings is 1. The summed E-state index contributed by atoms with van der Waals surface area (Å²) in [6.45, 7) is 5.37. The highest BCUT2D eigenvalue weighted by molar-refractivity contribution is 5.13. The maximum Gasteiger partial charge on any atom is 0.0897 e. The predicted molar refractivity (Wildman–Crippen MR) is 75.8 cm³/mol. The van der Waals surface area contributed by atoms with Gasteiger partial charge in [-0.3, -0.25) is 0 Å². The molecule has 4 heteroatoms. The molecule has 4 nitrogen and oxygen atoms in total. The Morgan fingerprint density at radius 3 is 2.47 bits per heavy atom. The molecule has 1 rings (SSSR count). The van der Waals surface area contributed by atoms with Gasteiger partial charge < -0.3 is 20.3 Å². The number of hydrogen-bond acceptors (Lipinski definition) is 4. The number of nitrogens with one attached hydrogen (secondary N) is 1. The van der Waals surface area contributed by atoms with Crippen molar-refractivity contribution in [3.63, 3.8) is 0 Å². The molecule has 3 N–H and O–H groups in total. The molecule has 0 fully saturated rings. The van der Waals surface area contributed by atoms with Gasteiger partial charge in [0.2, 0.25) is 0 Å². The SMILES string of the molecule is CC(C)[C@@H](CO)NCC(O)COCc1ccccc1. The summed E-state index contributed by atoms with van der Waals surface area (Å²) < 4.78 is 5.46. The van der Waals surface area contributed by atoms with Crippen molar-refractivity contribution in [2.75, 3.05) is 19.8 Å². The first-order chi connectivity index (χ1) is 9.13. The molecular formula is C15H25NO3. The van der Waals surface area contributed by atoms with Gasteiger partial charge in [-0.2, -0.15) is 0 Å². The topological polar surface area (TPSA) is 61.7 Å². The van der Waals surface area contributed by atoms with Crippen molar-refractivity contribution < 1.29 is 14.9 Å². The summed E-state index contributed by atoms with van der Waals surface area (Å²) >= 11 is 0. The largest absolute Gasteiger partial charge is 0.395 e. The van der Waals surface area contributed by atoms with Crippen molar-refractivity contribution in [1.29, 1.82) is 0 Å². The van der Waals surface area contributed by atoms with E-state index in [2.05, 4.69) is 5.32 Å². The van der Waals surface area contributed by atoms with Crippen molar-refractivity contribution in [3.05, 3.63) is 35.9 Å². The summed E-state index contributed by atoms with van der Waals surface area (Å²) in [6.07, 6.45) is -0.559. The molecular weight excluding hydrogens is 242 g/mol. The summed E-state index contributed by atoms with van der Waals surface area (Å²) in [5.41, 5.74) is 1.10. The van der Waals surface area contributed by atoms with Crippen LogP contribution >= 0.6 is 0 Å². The fourth-order valence-corrected chi connectivity index (χ4v) is 1.74. The maximum absolute atomic E-state index is 9.78. The predicted octanol–water partition coefficient (Wildman–Crippen LogP) is 1.17. The van der Waals surface area contributed by atoms with Crippen LogP contribution in [-0.4, -0.2) is 42.1 Å². The van der Waals surface area contributed by atoms with Crippen LogP contribution in [0.15, 0.2) is 30.3 Å². The van der Waals surface area contributed by atoms with Gasteiger partial charge in [-0.15, -0.1) is 0 Å². The van der Waals surface area contributed by atoms with Crippen LogP contribution in [0.1, 0.15) is 19.4 Å². The average molecular weight is 267 g/mol. The van der Waals surface area contributed by atoms with E-state index >= 15 is 0 Å². The Morgan fingerprint density at radius 1 is 1.21 bits per heavy atom. The minimum atomic E-state index is -0.559. The quantitative estimate of drug-likeness (QED) is 0.628. The van der Waals surface area contributed by atoms with Gasteiger partial charge >= 0.3 is 0 Å². The van der Waals surface area contributed by atoms with E-state index in [0.717, 1.165) is 5.56 Å². The lowest BCUT2D eigenvalue weighted by Gasteiger charge is -2.21. The van der Waals surface area contributed by atoms with Crippen molar-refractivity contribution in [2.24, 2.45) is 5.92 Å². The van der Waals surface area contributed by atoms with E-state index < -0.39 is 6.10 Å². The Labute approximate surface area is 115 Å². The molecule has 1 unspecified atom stereocenters. The van der Waals surface area contributed by atoms with Gasteiger partial charge in [-0.1, -0.05) is 44.2 Å². The first-order valence-corrected chi connectivity index (χ1v) is 6.77. The fourth-order valence-electron chi connectivity index (χ4n) is 1.74. The number of ether oxygens (including phenoxy) is 1. The first-order valence-electron chi connectivity index (χ1n) is 6.77. The zero-order valence-corrected chi connectivity index (χ0v) is 11.7. The Hall–Kier alpha value is -0.940. The number of rotatable bonds is 9. The molecule has 0 saturated carbocycles. The molecule has 0 aliphatic heterocycles. The molecule has 0 bridgehead atoms. The zero-order valence-electron chi connectivity index (χ0n) is 11.7. The van der Waals surface area contributed by atoms with Crippen molar-refractivity contribution in [1.82, 2.24) is 5.32 Å². The summed E-state index contributed by atoms with van der Waals surface area (Å²) in [5.74, 6) is 0.336.